The maximum Gasteiger partial charge on any atom is 0.184 e. The first-order valence-corrected chi connectivity index (χ1v) is 3.58. The van der Waals surface area contributed by atoms with E-state index < -0.39 is 0 Å². The molecule has 0 saturated carbocycles. The van der Waals surface area contributed by atoms with Crippen LogP contribution in [0.5, 0.6) is 0 Å². The standard InChI is InChI=1S/C9H9N2O/c1-2-8(12)9(10)7-4-3-5-11-6-7/h2-6,10H,1H3. The molecular formula is C9H9N2O. The Morgan fingerprint density at radius 3 is 2.92 bits per heavy atom. The number of hydrogen-bond donors (Lipinski definition) is 1. The molecule has 1 aromatic heterocycles. The molecule has 0 bridgehead atoms. The van der Waals surface area contributed by atoms with Gasteiger partial charge in [-0.15, -0.1) is 0 Å². The summed E-state index contributed by atoms with van der Waals surface area (Å²) in [5, 5.41) is 7.41. The molecule has 1 aromatic rings. The molecule has 61 valence electrons. The van der Waals surface area contributed by atoms with Crippen LogP contribution in [0.4, 0.5) is 0 Å². The zero-order valence-electron chi connectivity index (χ0n) is 6.74. The number of carbonyl (C=O) groups excluding carboxylic acids is 1. The number of nitrogens with zero attached hydrogens (tertiary/aromatic N) is 1. The quantitative estimate of drug-likeness (QED) is 0.678. The molecule has 0 saturated heterocycles. The van der Waals surface area contributed by atoms with Gasteiger partial charge in [0.1, 0.15) is 5.71 Å². The van der Waals surface area contributed by atoms with E-state index in [1.165, 1.54) is 12.6 Å². The largest absolute Gasteiger partial charge is 0.297 e. The predicted molar refractivity (Wildman–Crippen MR) is 46.0 cm³/mol. The van der Waals surface area contributed by atoms with Gasteiger partial charge in [0.2, 0.25) is 0 Å². The molecule has 0 fully saturated rings. The van der Waals surface area contributed by atoms with Crippen LogP contribution in [0.2, 0.25) is 0 Å². The molecule has 0 amide bonds. The highest BCUT2D eigenvalue weighted by atomic mass is 16.1. The number of ketones is 1. The van der Waals surface area contributed by atoms with Crippen LogP contribution in [0, 0.1) is 11.8 Å². The van der Waals surface area contributed by atoms with E-state index in [2.05, 4.69) is 4.98 Å². The summed E-state index contributed by atoms with van der Waals surface area (Å²) in [6.07, 6.45) is 4.48. The van der Waals surface area contributed by atoms with Gasteiger partial charge < -0.3 is 0 Å². The summed E-state index contributed by atoms with van der Waals surface area (Å²) >= 11 is 0. The van der Waals surface area contributed by atoms with Gasteiger partial charge in [-0.25, -0.2) is 0 Å². The van der Waals surface area contributed by atoms with Crippen LogP contribution in [-0.4, -0.2) is 16.5 Å². The fraction of sp³-hybridized carbons (Fsp3) is 0.111. The van der Waals surface area contributed by atoms with Crippen molar-refractivity contribution in [1.82, 2.24) is 4.98 Å². The third-order valence-electron chi connectivity index (χ3n) is 1.46. The van der Waals surface area contributed by atoms with E-state index in [-0.39, 0.29) is 11.5 Å². The van der Waals surface area contributed by atoms with Crippen molar-refractivity contribution >= 4 is 11.5 Å². The van der Waals surface area contributed by atoms with Crippen molar-refractivity contribution in [3.63, 3.8) is 0 Å². The predicted octanol–water partition coefficient (Wildman–Crippen LogP) is 1.24. The second kappa shape index (κ2) is 3.76. The first kappa shape index (κ1) is 8.59. The second-order valence-electron chi connectivity index (χ2n) is 2.27. The molecule has 12 heavy (non-hydrogen) atoms. The Labute approximate surface area is 71.0 Å². The molecule has 1 radical (unpaired) electrons. The molecule has 0 atom stereocenters. The molecule has 3 nitrogen and oxygen atoms in total. The van der Waals surface area contributed by atoms with Crippen LogP contribution >= 0.6 is 0 Å². The zero-order valence-corrected chi connectivity index (χ0v) is 6.74. The summed E-state index contributed by atoms with van der Waals surface area (Å²) in [5.41, 5.74) is 0.547. The monoisotopic (exact) mass is 161 g/mol. The van der Waals surface area contributed by atoms with Gasteiger partial charge in [-0.3, -0.25) is 15.2 Å². The fourth-order valence-corrected chi connectivity index (χ4v) is 0.797. The van der Waals surface area contributed by atoms with Gasteiger partial charge in [0, 0.05) is 24.4 Å². The summed E-state index contributed by atoms with van der Waals surface area (Å²) in [6.45, 7) is 1.62. The fourth-order valence-electron chi connectivity index (χ4n) is 0.797. The topological polar surface area (TPSA) is 53.8 Å². The lowest BCUT2D eigenvalue weighted by Gasteiger charge is -1.98. The second-order valence-corrected chi connectivity index (χ2v) is 2.27. The van der Waals surface area contributed by atoms with Gasteiger partial charge >= 0.3 is 0 Å². The number of nitrogens with one attached hydrogen (secondary N) is 1. The first-order chi connectivity index (χ1) is 5.75. The maximum atomic E-state index is 11.0. The number of hydrogen-bond acceptors (Lipinski definition) is 3. The molecule has 1 heterocycles. The highest BCUT2D eigenvalue weighted by Crippen LogP contribution is 1.99. The summed E-state index contributed by atoms with van der Waals surface area (Å²) in [4.78, 5) is 14.8. The molecular weight excluding hydrogens is 152 g/mol. The molecule has 0 aliphatic heterocycles. The smallest absolute Gasteiger partial charge is 0.184 e. The molecule has 3 heteroatoms. The van der Waals surface area contributed by atoms with Crippen molar-refractivity contribution in [3.05, 3.63) is 36.5 Å². The number of carbonyl (C=O) groups is 1. The minimum atomic E-state index is -0.275. The van der Waals surface area contributed by atoms with Crippen LogP contribution in [-0.2, 0) is 4.79 Å². The van der Waals surface area contributed by atoms with Crippen molar-refractivity contribution in [2.45, 2.75) is 6.92 Å². The lowest BCUT2D eigenvalue weighted by Crippen LogP contribution is -2.13. The van der Waals surface area contributed by atoms with Crippen molar-refractivity contribution in [1.29, 1.82) is 5.41 Å². The molecule has 0 aliphatic rings. The summed E-state index contributed by atoms with van der Waals surface area (Å²) in [5.74, 6) is -0.275. The van der Waals surface area contributed by atoms with E-state index in [0.717, 1.165) is 0 Å². The van der Waals surface area contributed by atoms with E-state index in [1.54, 1.807) is 25.3 Å². The van der Waals surface area contributed by atoms with Gasteiger partial charge in [0.25, 0.3) is 0 Å². The molecule has 0 aromatic carbocycles. The van der Waals surface area contributed by atoms with Crippen LogP contribution in [0.3, 0.4) is 0 Å². The van der Waals surface area contributed by atoms with Gasteiger partial charge in [0.05, 0.1) is 0 Å². The number of pyridine rings is 1. The number of Topliss-reactive ketones (excluding diaryl/α,β-unsaturated/α-hetero) is 1. The Morgan fingerprint density at radius 2 is 2.42 bits per heavy atom. The highest BCUT2D eigenvalue weighted by molar-refractivity contribution is 6.47. The molecule has 1 rings (SSSR count). The Bertz CT molecular complexity index is 293. The number of rotatable bonds is 3. The van der Waals surface area contributed by atoms with E-state index in [4.69, 9.17) is 5.41 Å². The highest BCUT2D eigenvalue weighted by Gasteiger charge is 2.08. The third-order valence-corrected chi connectivity index (χ3v) is 1.46. The Hall–Kier alpha value is -1.51. The number of aromatic nitrogens is 1. The van der Waals surface area contributed by atoms with Crippen molar-refractivity contribution < 1.29 is 4.79 Å². The van der Waals surface area contributed by atoms with Crippen molar-refractivity contribution in [2.75, 3.05) is 0 Å². The van der Waals surface area contributed by atoms with Gasteiger partial charge in [0.15, 0.2) is 5.78 Å². The Morgan fingerprint density at radius 1 is 1.67 bits per heavy atom. The molecule has 0 unspecified atom stereocenters. The molecule has 1 N–H and O–H groups in total. The summed E-state index contributed by atoms with van der Waals surface area (Å²) < 4.78 is 0. The average Bonchev–Trinajstić information content (AvgIpc) is 2.17. The minimum absolute atomic E-state index is 0.00870. The molecule has 0 spiro atoms. The van der Waals surface area contributed by atoms with Crippen LogP contribution in [0.15, 0.2) is 24.5 Å². The summed E-state index contributed by atoms with van der Waals surface area (Å²) in [6, 6.07) is 3.39. The van der Waals surface area contributed by atoms with Crippen LogP contribution < -0.4 is 0 Å². The molecule has 0 aliphatic carbocycles. The summed E-state index contributed by atoms with van der Waals surface area (Å²) in [7, 11) is 0. The first-order valence-electron chi connectivity index (χ1n) is 3.58. The van der Waals surface area contributed by atoms with Crippen molar-refractivity contribution in [2.24, 2.45) is 0 Å². The maximum absolute atomic E-state index is 11.0. The van der Waals surface area contributed by atoms with Gasteiger partial charge in [-0.2, -0.15) is 0 Å². The minimum Gasteiger partial charge on any atom is -0.297 e. The SMILES string of the molecule is C[CH]C(=O)C(=N)c1cccnc1. The van der Waals surface area contributed by atoms with Gasteiger partial charge in [-0.1, -0.05) is 6.92 Å². The lowest BCUT2D eigenvalue weighted by molar-refractivity contribution is -0.110. The van der Waals surface area contributed by atoms with E-state index in [9.17, 15) is 4.79 Å². The Kier molecular flexibility index (Phi) is 2.69. The lowest BCUT2D eigenvalue weighted by atomic mass is 10.1. The van der Waals surface area contributed by atoms with Crippen LogP contribution in [0.25, 0.3) is 0 Å². The third kappa shape index (κ3) is 1.75. The van der Waals surface area contributed by atoms with Crippen molar-refractivity contribution in [3.8, 4) is 0 Å². The zero-order chi connectivity index (χ0) is 8.97. The normalized spacial score (nSPS) is 9.42. The van der Waals surface area contributed by atoms with E-state index >= 15 is 0 Å². The van der Waals surface area contributed by atoms with Crippen LogP contribution in [0.1, 0.15) is 12.5 Å². The average molecular weight is 161 g/mol. The van der Waals surface area contributed by atoms with E-state index in [1.807, 2.05) is 0 Å². The van der Waals surface area contributed by atoms with Gasteiger partial charge in [-0.05, 0) is 12.1 Å². The van der Waals surface area contributed by atoms with E-state index in [0.29, 0.717) is 5.56 Å². The Balaban J connectivity index is 2.86.